The first-order valence-corrected chi connectivity index (χ1v) is 11.4. The van der Waals surface area contributed by atoms with Crippen molar-refractivity contribution in [2.75, 3.05) is 19.7 Å². The maximum Gasteiger partial charge on any atom is 0.297 e. The average Bonchev–Trinajstić information content (AvgIpc) is 3.37. The number of fused-ring (bicyclic) bond motifs is 2. The van der Waals surface area contributed by atoms with Crippen LogP contribution in [0, 0.1) is 11.6 Å². The van der Waals surface area contributed by atoms with Crippen LogP contribution in [-0.4, -0.2) is 34.4 Å². The summed E-state index contributed by atoms with van der Waals surface area (Å²) in [7, 11) is 0. The molecule has 0 unspecified atom stereocenters. The summed E-state index contributed by atoms with van der Waals surface area (Å²) in [6.07, 6.45) is 2.85. The van der Waals surface area contributed by atoms with E-state index in [1.165, 1.54) is 40.3 Å². The Balaban J connectivity index is 1.25. The number of thiophene rings is 1. The third-order valence-electron chi connectivity index (χ3n) is 6.17. The topological polar surface area (TPSA) is 30.3 Å². The fourth-order valence-electron chi connectivity index (χ4n) is 4.44. The molecule has 4 nitrogen and oxygen atoms in total. The summed E-state index contributed by atoms with van der Waals surface area (Å²) in [5, 5.41) is 4.44. The molecule has 0 radical (unpaired) electrons. The number of rotatable bonds is 4. The molecule has 170 valence electrons. The van der Waals surface area contributed by atoms with E-state index in [1.54, 1.807) is 6.20 Å². The van der Waals surface area contributed by atoms with Crippen molar-refractivity contribution >= 4 is 22.9 Å². The van der Waals surface area contributed by atoms with Gasteiger partial charge in [0.1, 0.15) is 23.8 Å². The van der Waals surface area contributed by atoms with Crippen LogP contribution in [-0.2, 0) is 29.3 Å². The van der Waals surface area contributed by atoms with Crippen molar-refractivity contribution in [2.24, 2.45) is 0 Å². The van der Waals surface area contributed by atoms with Crippen LogP contribution >= 0.6 is 22.9 Å². The highest BCUT2D eigenvalue weighted by Gasteiger charge is 2.51. The molecule has 1 spiro atoms. The number of aromatic nitrogens is 2. The van der Waals surface area contributed by atoms with Crippen molar-refractivity contribution in [3.63, 3.8) is 0 Å². The molecule has 2 aromatic heterocycles. The van der Waals surface area contributed by atoms with Gasteiger partial charge in [-0.25, -0.2) is 8.78 Å². The van der Waals surface area contributed by atoms with Crippen LogP contribution < -0.4 is 0 Å². The Morgan fingerprint density at radius 2 is 1.81 bits per heavy atom. The van der Waals surface area contributed by atoms with Gasteiger partial charge < -0.3 is 4.74 Å². The summed E-state index contributed by atoms with van der Waals surface area (Å²) >= 11 is 7.23. The van der Waals surface area contributed by atoms with Gasteiger partial charge >= 0.3 is 0 Å². The van der Waals surface area contributed by atoms with Crippen LogP contribution in [0.15, 0.2) is 36.5 Å². The Kier molecular flexibility index (Phi) is 5.56. The number of benzene rings is 1. The first-order chi connectivity index (χ1) is 15.3. The molecule has 0 atom stereocenters. The minimum atomic E-state index is -3.02. The number of alkyl halides is 2. The minimum absolute atomic E-state index is 0.00554. The zero-order chi connectivity index (χ0) is 22.5. The van der Waals surface area contributed by atoms with E-state index in [9.17, 15) is 17.6 Å². The fraction of sp³-hybridized carbons (Fsp3) is 0.409. The smallest absolute Gasteiger partial charge is 0.297 e. The molecule has 4 heterocycles. The Hall–Kier alpha value is -1.94. The standard InChI is InChI=1S/C22H20ClF4N3OS/c23-19-10-16-20(32-19)21(31-13-22(16,26)27)5-8-29(9-6-21)11-14-4-7-30(28-14)12-15-17(24)2-1-3-18(15)25/h1-4,7,10H,5-6,8-9,11-13H2. The SMILES string of the molecule is Fc1cccc(F)c1Cn1ccc(CN2CCC3(CC2)OCC(F)(F)c2cc(Cl)sc23)n1. The first kappa shape index (κ1) is 21.9. The van der Waals surface area contributed by atoms with Gasteiger partial charge in [-0.1, -0.05) is 17.7 Å². The van der Waals surface area contributed by atoms with Crippen molar-refractivity contribution < 1.29 is 22.3 Å². The number of hydrogen-bond donors (Lipinski definition) is 0. The minimum Gasteiger partial charge on any atom is -0.363 e. The highest BCUT2D eigenvalue weighted by Crippen LogP contribution is 2.52. The van der Waals surface area contributed by atoms with E-state index in [2.05, 4.69) is 10.00 Å². The largest absolute Gasteiger partial charge is 0.363 e. The van der Waals surface area contributed by atoms with Crippen LogP contribution in [0.25, 0.3) is 0 Å². The number of piperidine rings is 1. The summed E-state index contributed by atoms with van der Waals surface area (Å²) in [5.74, 6) is -4.23. The zero-order valence-corrected chi connectivity index (χ0v) is 18.5. The lowest BCUT2D eigenvalue weighted by Gasteiger charge is -2.45. The van der Waals surface area contributed by atoms with Gasteiger partial charge in [0, 0.05) is 41.8 Å². The highest BCUT2D eigenvalue weighted by molar-refractivity contribution is 7.16. The maximum absolute atomic E-state index is 14.3. The molecule has 0 saturated carbocycles. The second-order valence-electron chi connectivity index (χ2n) is 8.26. The molecule has 0 N–H and O–H groups in total. The molecule has 5 rings (SSSR count). The van der Waals surface area contributed by atoms with Crippen LogP contribution in [0.3, 0.4) is 0 Å². The molecule has 1 aromatic carbocycles. The summed E-state index contributed by atoms with van der Waals surface area (Å²) in [5.41, 5.74) is 0.00578. The van der Waals surface area contributed by atoms with Crippen molar-refractivity contribution in [3.05, 3.63) is 74.2 Å². The van der Waals surface area contributed by atoms with Crippen LogP contribution in [0.2, 0.25) is 4.34 Å². The number of halogens is 5. The summed E-state index contributed by atoms with van der Waals surface area (Å²) in [6, 6.07) is 6.96. The van der Waals surface area contributed by atoms with Crippen LogP contribution in [0.4, 0.5) is 17.6 Å². The Morgan fingerprint density at radius 3 is 2.53 bits per heavy atom. The lowest BCUT2D eigenvalue weighted by atomic mass is 9.84. The van der Waals surface area contributed by atoms with Crippen LogP contribution in [0.5, 0.6) is 0 Å². The van der Waals surface area contributed by atoms with Crippen molar-refractivity contribution in [1.29, 1.82) is 0 Å². The monoisotopic (exact) mass is 485 g/mol. The Labute approximate surface area is 191 Å². The second kappa shape index (κ2) is 8.13. The van der Waals surface area contributed by atoms with Crippen LogP contribution in [0.1, 0.15) is 34.5 Å². The number of likely N-dealkylation sites (tertiary alicyclic amines) is 1. The molecule has 0 amide bonds. The van der Waals surface area contributed by atoms with Gasteiger partial charge in [0.2, 0.25) is 0 Å². The van der Waals surface area contributed by atoms with Gasteiger partial charge in [0.05, 0.1) is 16.6 Å². The van der Waals surface area contributed by atoms with Gasteiger partial charge in [-0.15, -0.1) is 11.3 Å². The Morgan fingerprint density at radius 1 is 1.09 bits per heavy atom. The van der Waals surface area contributed by atoms with Gasteiger partial charge in [-0.05, 0) is 37.1 Å². The lowest BCUT2D eigenvalue weighted by Crippen LogP contribution is -2.48. The molecule has 0 aliphatic carbocycles. The zero-order valence-electron chi connectivity index (χ0n) is 17.0. The molecular formula is C22H20ClF4N3OS. The van der Waals surface area contributed by atoms with Crippen molar-refractivity contribution in [1.82, 2.24) is 14.7 Å². The van der Waals surface area contributed by atoms with E-state index in [4.69, 9.17) is 16.3 Å². The van der Waals surface area contributed by atoms with Crippen molar-refractivity contribution in [3.8, 4) is 0 Å². The van der Waals surface area contributed by atoms with E-state index >= 15 is 0 Å². The molecular weight excluding hydrogens is 466 g/mol. The lowest BCUT2D eigenvalue weighted by molar-refractivity contribution is -0.182. The molecule has 1 fully saturated rings. The molecule has 2 aliphatic heterocycles. The van der Waals surface area contributed by atoms with Crippen molar-refractivity contribution in [2.45, 2.75) is 37.5 Å². The summed E-state index contributed by atoms with van der Waals surface area (Å²) < 4.78 is 63.9. The molecule has 10 heteroatoms. The first-order valence-electron chi connectivity index (χ1n) is 10.3. The molecule has 3 aromatic rings. The van der Waals surface area contributed by atoms with Gasteiger partial charge in [-0.2, -0.15) is 13.9 Å². The van der Waals surface area contributed by atoms with Gasteiger partial charge in [-0.3, -0.25) is 9.58 Å². The quantitative estimate of drug-likeness (QED) is 0.455. The van der Waals surface area contributed by atoms with E-state index in [0.29, 0.717) is 41.7 Å². The normalized spacial score (nSPS) is 19.9. The third kappa shape index (κ3) is 3.96. The molecule has 32 heavy (non-hydrogen) atoms. The Bertz CT molecular complexity index is 1120. The summed E-state index contributed by atoms with van der Waals surface area (Å²) in [6.45, 7) is 1.22. The molecule has 1 saturated heterocycles. The predicted octanol–water partition coefficient (Wildman–Crippen LogP) is 5.54. The number of nitrogens with zero attached hydrogens (tertiary/aromatic N) is 3. The van der Waals surface area contributed by atoms with Gasteiger partial charge in [0.15, 0.2) is 0 Å². The summed E-state index contributed by atoms with van der Waals surface area (Å²) in [4.78, 5) is 2.71. The third-order valence-corrected chi connectivity index (χ3v) is 7.62. The van der Waals surface area contributed by atoms with E-state index in [1.807, 2.05) is 6.07 Å². The highest BCUT2D eigenvalue weighted by atomic mass is 35.5. The number of hydrogen-bond acceptors (Lipinski definition) is 4. The average molecular weight is 486 g/mol. The maximum atomic E-state index is 14.3. The second-order valence-corrected chi connectivity index (χ2v) is 9.95. The van der Waals surface area contributed by atoms with E-state index < -0.39 is 29.8 Å². The van der Waals surface area contributed by atoms with E-state index in [0.717, 1.165) is 5.69 Å². The molecule has 0 bridgehead atoms. The molecule has 2 aliphatic rings. The van der Waals surface area contributed by atoms with E-state index in [-0.39, 0.29) is 17.7 Å². The van der Waals surface area contributed by atoms with Gasteiger partial charge in [0.25, 0.3) is 5.92 Å². The fourth-order valence-corrected chi connectivity index (χ4v) is 5.92. The predicted molar refractivity (Wildman–Crippen MR) is 113 cm³/mol. The number of ether oxygens (including phenoxy) is 1.